The molecule has 0 fully saturated rings. The van der Waals surface area contributed by atoms with Crippen molar-refractivity contribution in [2.75, 3.05) is 32.2 Å². The number of aryl methyl sites for hydroxylation is 1. The lowest BCUT2D eigenvalue weighted by Crippen LogP contribution is -2.30. The van der Waals surface area contributed by atoms with Gasteiger partial charge in [-0.25, -0.2) is 22.6 Å². The molecule has 0 radical (unpaired) electrons. The molecular formula is C19H23FN6O4S2. The summed E-state index contributed by atoms with van der Waals surface area (Å²) in [4.78, 5) is 22.9. The Labute approximate surface area is 188 Å². The first kappa shape index (κ1) is 23.8. The molecule has 3 aromatic rings. The molecule has 0 saturated heterocycles. The molecule has 10 nitrogen and oxygen atoms in total. The van der Waals surface area contributed by atoms with Crippen molar-refractivity contribution in [3.63, 3.8) is 0 Å². The van der Waals surface area contributed by atoms with Crippen LogP contribution in [0.1, 0.15) is 17.4 Å². The molecule has 32 heavy (non-hydrogen) atoms. The topological polar surface area (TPSA) is 130 Å². The fourth-order valence-electron chi connectivity index (χ4n) is 2.82. The Kier molecular flexibility index (Phi) is 7.21. The number of carbonyl (C=O) groups is 1. The van der Waals surface area contributed by atoms with Crippen LogP contribution < -0.4 is 10.6 Å². The maximum absolute atomic E-state index is 14.2. The number of hydrogen-bond acceptors (Lipinski definition) is 9. The molecule has 0 aliphatic rings. The first-order valence-electron chi connectivity index (χ1n) is 9.51. The minimum atomic E-state index is -3.66. The fraction of sp³-hybridized carbons (Fsp3) is 0.368. The second-order valence-corrected chi connectivity index (χ2v) is 10.3. The average molecular weight is 483 g/mol. The zero-order valence-electron chi connectivity index (χ0n) is 18.0. The van der Waals surface area contributed by atoms with E-state index in [1.807, 2.05) is 19.0 Å². The monoisotopic (exact) mass is 482 g/mol. The average Bonchev–Trinajstić information content (AvgIpc) is 3.26. The summed E-state index contributed by atoms with van der Waals surface area (Å²) in [7, 11) is 0.139. The SMILES string of the molecule is Cc1nc(NC(=O)NCCc2nc(CN(C)C)no2)sc1-c1ccc(S(C)(=O)=O)c(F)c1. The Balaban J connectivity index is 1.58. The normalized spacial score (nSPS) is 11.7. The molecular weight excluding hydrogens is 459 g/mol. The van der Waals surface area contributed by atoms with E-state index in [1.165, 1.54) is 12.1 Å². The summed E-state index contributed by atoms with van der Waals surface area (Å²) in [6, 6.07) is 3.42. The van der Waals surface area contributed by atoms with Gasteiger partial charge in [0.1, 0.15) is 10.7 Å². The molecule has 0 spiro atoms. The summed E-state index contributed by atoms with van der Waals surface area (Å²) in [6.45, 7) is 2.56. The molecule has 2 aromatic heterocycles. The third kappa shape index (κ3) is 6.08. The van der Waals surface area contributed by atoms with Gasteiger partial charge in [0.25, 0.3) is 0 Å². The van der Waals surface area contributed by atoms with Crippen molar-refractivity contribution in [1.82, 2.24) is 25.3 Å². The largest absolute Gasteiger partial charge is 0.339 e. The predicted octanol–water partition coefficient (Wildman–Crippen LogP) is 2.47. The lowest BCUT2D eigenvalue weighted by atomic mass is 10.1. The van der Waals surface area contributed by atoms with Crippen LogP contribution in [0.3, 0.4) is 0 Å². The summed E-state index contributed by atoms with van der Waals surface area (Å²) >= 11 is 1.16. The van der Waals surface area contributed by atoms with Crippen LogP contribution in [0.4, 0.5) is 14.3 Å². The highest BCUT2D eigenvalue weighted by Crippen LogP contribution is 2.34. The van der Waals surface area contributed by atoms with E-state index in [2.05, 4.69) is 25.8 Å². The van der Waals surface area contributed by atoms with E-state index < -0.39 is 21.7 Å². The predicted molar refractivity (Wildman–Crippen MR) is 118 cm³/mol. The van der Waals surface area contributed by atoms with Gasteiger partial charge in [-0.1, -0.05) is 22.6 Å². The Morgan fingerprint density at radius 2 is 2.03 bits per heavy atom. The quantitative estimate of drug-likeness (QED) is 0.501. The number of aromatic nitrogens is 3. The molecule has 0 aliphatic carbocycles. The maximum Gasteiger partial charge on any atom is 0.321 e. The van der Waals surface area contributed by atoms with E-state index in [4.69, 9.17) is 4.52 Å². The van der Waals surface area contributed by atoms with Crippen molar-refractivity contribution in [3.05, 3.63) is 41.4 Å². The summed E-state index contributed by atoms with van der Waals surface area (Å²) in [5, 5.41) is 9.51. The summed E-state index contributed by atoms with van der Waals surface area (Å²) in [6.07, 6.45) is 1.33. The number of hydrogen-bond donors (Lipinski definition) is 2. The number of sulfone groups is 1. The summed E-state index contributed by atoms with van der Waals surface area (Å²) in [5.41, 5.74) is 1.05. The van der Waals surface area contributed by atoms with Crippen LogP contribution in [0.15, 0.2) is 27.6 Å². The Bertz CT molecular complexity index is 1220. The molecule has 172 valence electrons. The molecule has 2 heterocycles. The number of thiazole rings is 1. The standard InChI is InChI=1S/C19H23FN6O4S2/c1-11-17(12-5-6-14(13(20)9-12)32(4,28)29)31-19(22-11)24-18(27)21-8-7-16-23-15(25-30-16)10-26(2)3/h5-6,9H,7-8,10H2,1-4H3,(H2,21,22,24,27). The van der Waals surface area contributed by atoms with E-state index in [9.17, 15) is 17.6 Å². The number of urea groups is 1. The van der Waals surface area contributed by atoms with Crippen molar-refractivity contribution >= 4 is 32.3 Å². The van der Waals surface area contributed by atoms with E-state index in [0.717, 1.165) is 23.7 Å². The second kappa shape index (κ2) is 9.71. The number of benzene rings is 1. The van der Waals surface area contributed by atoms with Crippen molar-refractivity contribution in [1.29, 1.82) is 0 Å². The van der Waals surface area contributed by atoms with Gasteiger partial charge in [-0.15, -0.1) is 0 Å². The van der Waals surface area contributed by atoms with Gasteiger partial charge in [-0.2, -0.15) is 4.98 Å². The van der Waals surface area contributed by atoms with E-state index in [-0.39, 0.29) is 11.4 Å². The number of rotatable bonds is 8. The van der Waals surface area contributed by atoms with Gasteiger partial charge < -0.3 is 14.7 Å². The van der Waals surface area contributed by atoms with Crippen LogP contribution in [0, 0.1) is 12.7 Å². The minimum absolute atomic E-state index is 0.283. The molecule has 1 aromatic carbocycles. The Morgan fingerprint density at radius 3 is 2.69 bits per heavy atom. The van der Waals surface area contributed by atoms with Gasteiger partial charge in [0.2, 0.25) is 5.89 Å². The van der Waals surface area contributed by atoms with Crippen LogP contribution in [0.2, 0.25) is 0 Å². The molecule has 0 saturated carbocycles. The lowest BCUT2D eigenvalue weighted by Gasteiger charge is -2.04. The lowest BCUT2D eigenvalue weighted by molar-refractivity contribution is 0.251. The maximum atomic E-state index is 14.2. The van der Waals surface area contributed by atoms with Crippen molar-refractivity contribution in [2.45, 2.75) is 24.8 Å². The highest BCUT2D eigenvalue weighted by atomic mass is 32.2. The van der Waals surface area contributed by atoms with Gasteiger partial charge >= 0.3 is 6.03 Å². The number of halogens is 1. The molecule has 2 N–H and O–H groups in total. The van der Waals surface area contributed by atoms with Crippen LogP contribution >= 0.6 is 11.3 Å². The third-order valence-corrected chi connectivity index (χ3v) is 6.45. The van der Waals surface area contributed by atoms with Gasteiger partial charge in [-0.05, 0) is 38.7 Å². The number of nitrogens with one attached hydrogen (secondary N) is 2. The van der Waals surface area contributed by atoms with E-state index in [1.54, 1.807) is 6.92 Å². The zero-order chi connectivity index (χ0) is 23.5. The number of amides is 2. The number of anilines is 1. The molecule has 0 atom stereocenters. The smallest absolute Gasteiger partial charge is 0.321 e. The van der Waals surface area contributed by atoms with Gasteiger partial charge in [0.05, 0.1) is 17.1 Å². The zero-order valence-corrected chi connectivity index (χ0v) is 19.6. The van der Waals surface area contributed by atoms with Crippen LogP contribution in [0.25, 0.3) is 10.4 Å². The second-order valence-electron chi connectivity index (χ2n) is 7.32. The third-order valence-electron chi connectivity index (χ3n) is 4.20. The minimum Gasteiger partial charge on any atom is -0.339 e. The molecule has 0 bridgehead atoms. The van der Waals surface area contributed by atoms with Crippen LogP contribution in [-0.4, -0.2) is 61.4 Å². The van der Waals surface area contributed by atoms with Crippen LogP contribution in [0.5, 0.6) is 0 Å². The Morgan fingerprint density at radius 1 is 1.28 bits per heavy atom. The summed E-state index contributed by atoms with van der Waals surface area (Å²) < 4.78 is 42.6. The van der Waals surface area contributed by atoms with E-state index >= 15 is 0 Å². The van der Waals surface area contributed by atoms with Gasteiger partial charge in [-0.3, -0.25) is 5.32 Å². The molecule has 2 amide bonds. The van der Waals surface area contributed by atoms with Crippen LogP contribution in [-0.2, 0) is 22.8 Å². The molecule has 0 unspecified atom stereocenters. The fourth-order valence-corrected chi connectivity index (χ4v) is 4.51. The number of carbonyl (C=O) groups excluding carboxylic acids is 1. The van der Waals surface area contributed by atoms with Crippen molar-refractivity contribution in [3.8, 4) is 10.4 Å². The highest BCUT2D eigenvalue weighted by molar-refractivity contribution is 7.90. The van der Waals surface area contributed by atoms with Gasteiger partial charge in [0, 0.05) is 19.2 Å². The Hall–Kier alpha value is -2.90. The van der Waals surface area contributed by atoms with Crippen molar-refractivity contribution in [2.24, 2.45) is 0 Å². The van der Waals surface area contributed by atoms with E-state index in [0.29, 0.717) is 45.9 Å². The first-order chi connectivity index (χ1) is 15.0. The summed E-state index contributed by atoms with van der Waals surface area (Å²) in [5.74, 6) is 0.162. The highest BCUT2D eigenvalue weighted by Gasteiger charge is 2.17. The molecule has 3 rings (SSSR count). The first-order valence-corrected chi connectivity index (χ1v) is 12.2. The van der Waals surface area contributed by atoms with Crippen molar-refractivity contribution < 1.29 is 22.1 Å². The molecule has 13 heteroatoms. The van der Waals surface area contributed by atoms with Gasteiger partial charge in [0.15, 0.2) is 20.8 Å². The number of nitrogens with zero attached hydrogens (tertiary/aromatic N) is 4. The molecule has 0 aliphatic heterocycles.